The molecule has 3 atom stereocenters. The lowest BCUT2D eigenvalue weighted by molar-refractivity contribution is -0.125. The van der Waals surface area contributed by atoms with E-state index in [1.54, 1.807) is 0 Å². The molecule has 3 aliphatic carbocycles. The van der Waals surface area contributed by atoms with Crippen molar-refractivity contribution in [3.8, 4) is 0 Å². The highest BCUT2D eigenvalue weighted by molar-refractivity contribution is 5.85. The number of carbonyl (C=O) groups is 1. The lowest BCUT2D eigenvalue weighted by Crippen LogP contribution is -2.33. The van der Waals surface area contributed by atoms with Crippen molar-refractivity contribution >= 4 is 5.78 Å². The van der Waals surface area contributed by atoms with Crippen LogP contribution in [-0.4, -0.2) is 5.78 Å². The Morgan fingerprint density at radius 3 is 2.92 bits per heavy atom. The van der Waals surface area contributed by atoms with Crippen LogP contribution in [0.1, 0.15) is 19.3 Å². The van der Waals surface area contributed by atoms with Crippen molar-refractivity contribution in [3.05, 3.63) is 24.8 Å². The fourth-order valence-electron chi connectivity index (χ4n) is 2.36. The molecule has 0 spiro atoms. The van der Waals surface area contributed by atoms with E-state index in [4.69, 9.17) is 0 Å². The number of allylic oxidation sites excluding steroid dienone is 3. The second-order valence-electron chi connectivity index (χ2n) is 3.85. The fraction of sp³-hybridized carbons (Fsp3) is 0.545. The van der Waals surface area contributed by atoms with E-state index in [1.165, 1.54) is 0 Å². The van der Waals surface area contributed by atoms with Gasteiger partial charge in [-0.2, -0.15) is 0 Å². The summed E-state index contributed by atoms with van der Waals surface area (Å²) in [7, 11) is 0. The Balaban J connectivity index is 2.13. The minimum Gasteiger partial charge on any atom is -0.299 e. The summed E-state index contributed by atoms with van der Waals surface area (Å²) in [5.41, 5.74) is 0. The molecule has 0 aromatic carbocycles. The molecule has 1 fully saturated rings. The van der Waals surface area contributed by atoms with Crippen molar-refractivity contribution in [3.63, 3.8) is 0 Å². The maximum absolute atomic E-state index is 11.3. The molecule has 0 aliphatic heterocycles. The molecule has 1 nitrogen and oxygen atoms in total. The van der Waals surface area contributed by atoms with Gasteiger partial charge in [-0.05, 0) is 24.7 Å². The number of fused-ring (bicyclic) bond motifs is 2. The SMILES string of the molecule is C=CCC1CC2C=CC1CC2=O. The van der Waals surface area contributed by atoms with Gasteiger partial charge in [0.1, 0.15) is 5.78 Å². The first-order valence-corrected chi connectivity index (χ1v) is 4.63. The Morgan fingerprint density at radius 1 is 1.58 bits per heavy atom. The number of ketones is 1. The summed E-state index contributed by atoms with van der Waals surface area (Å²) >= 11 is 0. The number of Topliss-reactive ketones (excluding diaryl/α,β-unsaturated/α-hetero) is 1. The molecule has 0 aromatic heterocycles. The second-order valence-corrected chi connectivity index (χ2v) is 3.85. The van der Waals surface area contributed by atoms with Gasteiger partial charge in [-0.1, -0.05) is 18.2 Å². The predicted octanol–water partition coefficient (Wildman–Crippen LogP) is 2.34. The van der Waals surface area contributed by atoms with E-state index in [0.717, 1.165) is 19.3 Å². The molecule has 0 amide bonds. The molecule has 0 radical (unpaired) electrons. The van der Waals surface area contributed by atoms with Crippen molar-refractivity contribution in [1.82, 2.24) is 0 Å². The molecule has 0 aromatic rings. The van der Waals surface area contributed by atoms with Crippen LogP contribution in [0.4, 0.5) is 0 Å². The lowest BCUT2D eigenvalue weighted by Gasteiger charge is -2.36. The van der Waals surface area contributed by atoms with Gasteiger partial charge in [0.15, 0.2) is 0 Å². The number of carbonyl (C=O) groups excluding carboxylic acids is 1. The predicted molar refractivity (Wildman–Crippen MR) is 48.7 cm³/mol. The molecule has 0 saturated heterocycles. The third kappa shape index (κ3) is 1.13. The Hall–Kier alpha value is -0.850. The number of rotatable bonds is 2. The van der Waals surface area contributed by atoms with Gasteiger partial charge in [0.25, 0.3) is 0 Å². The zero-order valence-corrected chi connectivity index (χ0v) is 7.20. The van der Waals surface area contributed by atoms with Crippen LogP contribution in [0.2, 0.25) is 0 Å². The van der Waals surface area contributed by atoms with Crippen LogP contribution in [0.5, 0.6) is 0 Å². The summed E-state index contributed by atoms with van der Waals surface area (Å²) in [4.78, 5) is 11.3. The van der Waals surface area contributed by atoms with Gasteiger partial charge < -0.3 is 0 Å². The second kappa shape index (κ2) is 2.89. The molecule has 12 heavy (non-hydrogen) atoms. The molecule has 1 saturated carbocycles. The first-order valence-electron chi connectivity index (χ1n) is 4.63. The molecule has 3 aliphatic rings. The number of hydrogen-bond donors (Lipinski definition) is 0. The van der Waals surface area contributed by atoms with Crippen LogP contribution in [0.15, 0.2) is 24.8 Å². The van der Waals surface area contributed by atoms with E-state index in [-0.39, 0.29) is 5.92 Å². The topological polar surface area (TPSA) is 17.1 Å². The van der Waals surface area contributed by atoms with Crippen molar-refractivity contribution in [1.29, 1.82) is 0 Å². The zero-order valence-electron chi connectivity index (χ0n) is 7.20. The number of hydrogen-bond acceptors (Lipinski definition) is 1. The lowest BCUT2D eigenvalue weighted by atomic mass is 9.67. The molecule has 2 bridgehead atoms. The minimum absolute atomic E-state index is 0.236. The minimum atomic E-state index is 0.236. The van der Waals surface area contributed by atoms with Crippen LogP contribution in [0.3, 0.4) is 0 Å². The van der Waals surface area contributed by atoms with Crippen LogP contribution in [0.25, 0.3) is 0 Å². The van der Waals surface area contributed by atoms with Crippen LogP contribution >= 0.6 is 0 Å². The van der Waals surface area contributed by atoms with E-state index in [9.17, 15) is 4.79 Å². The van der Waals surface area contributed by atoms with Gasteiger partial charge in [-0.15, -0.1) is 6.58 Å². The summed E-state index contributed by atoms with van der Waals surface area (Å²) in [6.45, 7) is 3.75. The van der Waals surface area contributed by atoms with Crippen molar-refractivity contribution in [2.45, 2.75) is 19.3 Å². The molecule has 64 valence electrons. The van der Waals surface area contributed by atoms with Crippen molar-refractivity contribution in [2.24, 2.45) is 17.8 Å². The molecule has 0 N–H and O–H groups in total. The van der Waals surface area contributed by atoms with Crippen LogP contribution in [-0.2, 0) is 4.79 Å². The van der Waals surface area contributed by atoms with E-state index in [2.05, 4.69) is 18.7 Å². The highest BCUT2D eigenvalue weighted by Gasteiger charge is 2.36. The van der Waals surface area contributed by atoms with Gasteiger partial charge in [-0.3, -0.25) is 4.79 Å². The maximum Gasteiger partial charge on any atom is 0.140 e. The van der Waals surface area contributed by atoms with Gasteiger partial charge in [0.2, 0.25) is 0 Å². The quantitative estimate of drug-likeness (QED) is 0.569. The Morgan fingerprint density at radius 2 is 2.42 bits per heavy atom. The van der Waals surface area contributed by atoms with Crippen molar-refractivity contribution < 1.29 is 4.79 Å². The largest absolute Gasteiger partial charge is 0.299 e. The summed E-state index contributed by atoms with van der Waals surface area (Å²) in [5, 5.41) is 0. The molecule has 1 heteroatoms. The summed E-state index contributed by atoms with van der Waals surface area (Å²) in [5.74, 6) is 1.89. The average Bonchev–Trinajstić information content (AvgIpc) is 2.07. The van der Waals surface area contributed by atoms with E-state index in [1.807, 2.05) is 6.08 Å². The van der Waals surface area contributed by atoms with Crippen molar-refractivity contribution in [2.75, 3.05) is 0 Å². The van der Waals surface area contributed by atoms with Gasteiger partial charge in [0.05, 0.1) is 0 Å². The fourth-order valence-corrected chi connectivity index (χ4v) is 2.36. The summed E-state index contributed by atoms with van der Waals surface area (Å²) in [6.07, 6.45) is 9.20. The Kier molecular flexibility index (Phi) is 1.87. The maximum atomic E-state index is 11.3. The highest BCUT2D eigenvalue weighted by atomic mass is 16.1. The summed E-state index contributed by atoms with van der Waals surface area (Å²) < 4.78 is 0. The van der Waals surface area contributed by atoms with Gasteiger partial charge in [0, 0.05) is 12.3 Å². The van der Waals surface area contributed by atoms with E-state index in [0.29, 0.717) is 17.6 Å². The normalized spacial score (nSPS) is 38.7. The zero-order chi connectivity index (χ0) is 8.55. The highest BCUT2D eigenvalue weighted by Crippen LogP contribution is 2.39. The molecule has 3 rings (SSSR count). The third-order valence-electron chi connectivity index (χ3n) is 3.07. The van der Waals surface area contributed by atoms with Crippen LogP contribution in [0, 0.1) is 17.8 Å². The summed E-state index contributed by atoms with van der Waals surface area (Å²) in [6, 6.07) is 0. The first-order chi connectivity index (χ1) is 5.81. The van der Waals surface area contributed by atoms with Crippen LogP contribution < -0.4 is 0 Å². The third-order valence-corrected chi connectivity index (χ3v) is 3.07. The first kappa shape index (κ1) is 7.78. The smallest absolute Gasteiger partial charge is 0.140 e. The van der Waals surface area contributed by atoms with E-state index < -0.39 is 0 Å². The van der Waals surface area contributed by atoms with Gasteiger partial charge in [-0.25, -0.2) is 0 Å². The standard InChI is InChI=1S/C11H14O/c1-2-3-8-6-10-5-4-9(8)7-11(10)12/h2,4-5,8-10H,1,3,6-7H2. The Labute approximate surface area is 73.2 Å². The molecular weight excluding hydrogens is 148 g/mol. The average molecular weight is 162 g/mol. The monoisotopic (exact) mass is 162 g/mol. The molecule has 3 unspecified atom stereocenters. The molecule has 0 heterocycles. The Bertz CT molecular complexity index is 239. The van der Waals surface area contributed by atoms with E-state index >= 15 is 0 Å². The van der Waals surface area contributed by atoms with Gasteiger partial charge >= 0.3 is 0 Å². The molecular formula is C11H14O.